The predicted molar refractivity (Wildman–Crippen MR) is 74.3 cm³/mol. The monoisotopic (exact) mass is 257 g/mol. The first kappa shape index (κ1) is 12.9. The first-order chi connectivity index (χ1) is 9.11. The predicted octanol–water partition coefficient (Wildman–Crippen LogP) is 2.23. The van der Waals surface area contributed by atoms with Gasteiger partial charge in [0.2, 0.25) is 0 Å². The Bertz CT molecular complexity index is 611. The van der Waals surface area contributed by atoms with Gasteiger partial charge in [0.25, 0.3) is 5.91 Å². The van der Waals surface area contributed by atoms with E-state index < -0.39 is 0 Å². The van der Waals surface area contributed by atoms with Gasteiger partial charge in [0.05, 0.1) is 24.1 Å². The fourth-order valence-corrected chi connectivity index (χ4v) is 1.68. The number of nitrogens with zero attached hydrogens (tertiary/aromatic N) is 1. The van der Waals surface area contributed by atoms with E-state index in [-0.39, 0.29) is 5.91 Å². The number of aryl methyl sites for hydroxylation is 1. The molecule has 0 radical (unpaired) electrons. The molecule has 0 aliphatic heterocycles. The van der Waals surface area contributed by atoms with Crippen LogP contribution >= 0.6 is 0 Å². The first-order valence-corrected chi connectivity index (χ1v) is 5.78. The molecule has 0 aliphatic carbocycles. The van der Waals surface area contributed by atoms with Crippen LogP contribution in [0.2, 0.25) is 0 Å². The molecule has 2 rings (SSSR count). The van der Waals surface area contributed by atoms with Crippen LogP contribution in [0.25, 0.3) is 0 Å². The smallest absolute Gasteiger partial charge is 0.257 e. The summed E-state index contributed by atoms with van der Waals surface area (Å²) in [4.78, 5) is 16.2. The van der Waals surface area contributed by atoms with Crippen molar-refractivity contribution >= 4 is 17.3 Å². The molecule has 5 nitrogen and oxygen atoms in total. The molecule has 3 N–H and O–H groups in total. The van der Waals surface area contributed by atoms with Crippen LogP contribution in [-0.4, -0.2) is 18.0 Å². The first-order valence-electron chi connectivity index (χ1n) is 5.78. The molecule has 2 aromatic rings. The number of rotatable bonds is 3. The number of amides is 1. The Morgan fingerprint density at radius 1 is 1.37 bits per heavy atom. The van der Waals surface area contributed by atoms with E-state index in [0.29, 0.717) is 22.7 Å². The molecule has 0 saturated heterocycles. The van der Waals surface area contributed by atoms with Crippen molar-refractivity contribution in [2.75, 3.05) is 18.2 Å². The molecule has 0 atom stereocenters. The number of carbonyl (C=O) groups excluding carboxylic acids is 1. The molecule has 1 aromatic carbocycles. The van der Waals surface area contributed by atoms with Crippen molar-refractivity contribution in [3.8, 4) is 5.75 Å². The molecule has 5 heteroatoms. The Morgan fingerprint density at radius 3 is 2.79 bits per heavy atom. The van der Waals surface area contributed by atoms with E-state index in [9.17, 15) is 4.79 Å². The average Bonchev–Trinajstić information content (AvgIpc) is 2.41. The number of nitrogen functional groups attached to an aromatic ring is 1. The zero-order chi connectivity index (χ0) is 13.8. The summed E-state index contributed by atoms with van der Waals surface area (Å²) in [7, 11) is 1.55. The highest BCUT2D eigenvalue weighted by atomic mass is 16.5. The fourth-order valence-electron chi connectivity index (χ4n) is 1.68. The molecule has 1 aromatic heterocycles. The van der Waals surface area contributed by atoms with Crippen molar-refractivity contribution in [1.82, 2.24) is 4.98 Å². The number of methoxy groups -OCH3 is 1. The van der Waals surface area contributed by atoms with E-state index in [0.717, 1.165) is 5.69 Å². The highest BCUT2D eigenvalue weighted by Gasteiger charge is 2.11. The molecule has 0 fully saturated rings. The lowest BCUT2D eigenvalue weighted by Crippen LogP contribution is -2.15. The van der Waals surface area contributed by atoms with Gasteiger partial charge in [-0.2, -0.15) is 0 Å². The number of nitrogens with one attached hydrogen (secondary N) is 1. The maximum Gasteiger partial charge on any atom is 0.257 e. The van der Waals surface area contributed by atoms with Crippen LogP contribution in [0.1, 0.15) is 16.1 Å². The molecule has 0 saturated carbocycles. The van der Waals surface area contributed by atoms with Crippen molar-refractivity contribution in [2.45, 2.75) is 6.92 Å². The van der Waals surface area contributed by atoms with Gasteiger partial charge >= 0.3 is 0 Å². The molecule has 0 bridgehead atoms. The molecule has 0 aliphatic rings. The largest absolute Gasteiger partial charge is 0.497 e. The van der Waals surface area contributed by atoms with Gasteiger partial charge in [-0.3, -0.25) is 9.78 Å². The van der Waals surface area contributed by atoms with Crippen molar-refractivity contribution < 1.29 is 9.53 Å². The normalized spacial score (nSPS) is 10.0. The van der Waals surface area contributed by atoms with Crippen LogP contribution in [-0.2, 0) is 0 Å². The molecule has 98 valence electrons. The topological polar surface area (TPSA) is 77.2 Å². The Labute approximate surface area is 111 Å². The van der Waals surface area contributed by atoms with Crippen LogP contribution in [0.5, 0.6) is 5.75 Å². The maximum absolute atomic E-state index is 12.1. The minimum Gasteiger partial charge on any atom is -0.497 e. The molecular weight excluding hydrogens is 242 g/mol. The molecule has 1 amide bonds. The van der Waals surface area contributed by atoms with Crippen LogP contribution < -0.4 is 15.8 Å². The lowest BCUT2D eigenvalue weighted by Gasteiger charge is -2.10. The van der Waals surface area contributed by atoms with Crippen molar-refractivity contribution in [3.05, 3.63) is 47.8 Å². The summed E-state index contributed by atoms with van der Waals surface area (Å²) >= 11 is 0. The second-order valence-corrected chi connectivity index (χ2v) is 4.04. The van der Waals surface area contributed by atoms with E-state index >= 15 is 0 Å². The minimum atomic E-state index is -0.267. The van der Waals surface area contributed by atoms with Crippen molar-refractivity contribution in [3.63, 3.8) is 0 Å². The van der Waals surface area contributed by atoms with Crippen molar-refractivity contribution in [2.24, 2.45) is 0 Å². The summed E-state index contributed by atoms with van der Waals surface area (Å²) in [5, 5.41) is 2.78. The SMILES string of the molecule is COc1ccc(C(=O)Nc2cccnc2C)c(N)c1. The zero-order valence-corrected chi connectivity index (χ0v) is 10.8. The third kappa shape index (κ3) is 2.82. The number of carbonyl (C=O) groups is 1. The average molecular weight is 257 g/mol. The lowest BCUT2D eigenvalue weighted by molar-refractivity contribution is 0.102. The van der Waals surface area contributed by atoms with Gasteiger partial charge in [-0.15, -0.1) is 0 Å². The third-order valence-corrected chi connectivity index (χ3v) is 2.76. The number of hydrogen-bond donors (Lipinski definition) is 2. The van der Waals surface area contributed by atoms with Gasteiger partial charge in [0.1, 0.15) is 5.75 Å². The van der Waals surface area contributed by atoms with Gasteiger partial charge in [0.15, 0.2) is 0 Å². The highest BCUT2D eigenvalue weighted by Crippen LogP contribution is 2.21. The molecule has 0 spiro atoms. The summed E-state index contributed by atoms with van der Waals surface area (Å²) < 4.78 is 5.05. The molecule has 0 unspecified atom stereocenters. The van der Waals surface area contributed by atoms with Gasteiger partial charge in [-0.05, 0) is 31.2 Å². The number of ether oxygens (including phenoxy) is 1. The number of benzene rings is 1. The number of hydrogen-bond acceptors (Lipinski definition) is 4. The van der Waals surface area contributed by atoms with Crippen molar-refractivity contribution in [1.29, 1.82) is 0 Å². The van der Waals surface area contributed by atoms with E-state index in [1.165, 1.54) is 0 Å². The van der Waals surface area contributed by atoms with Gasteiger partial charge in [0, 0.05) is 18.0 Å². The Hall–Kier alpha value is -2.56. The number of aromatic nitrogens is 1. The Kier molecular flexibility index (Phi) is 3.66. The minimum absolute atomic E-state index is 0.267. The zero-order valence-electron chi connectivity index (χ0n) is 10.8. The van der Waals surface area contributed by atoms with Gasteiger partial charge < -0.3 is 15.8 Å². The van der Waals surface area contributed by atoms with Crippen LogP contribution in [0.15, 0.2) is 36.5 Å². The third-order valence-electron chi connectivity index (χ3n) is 2.76. The number of nitrogens with two attached hydrogens (primary N) is 1. The summed E-state index contributed by atoms with van der Waals surface area (Å²) in [6.45, 7) is 1.83. The summed E-state index contributed by atoms with van der Waals surface area (Å²) in [5.41, 5.74) is 8.04. The lowest BCUT2D eigenvalue weighted by atomic mass is 10.1. The second kappa shape index (κ2) is 5.39. The standard InChI is InChI=1S/C14H15N3O2/c1-9-13(4-3-7-16-9)17-14(18)11-6-5-10(19-2)8-12(11)15/h3-8H,15H2,1-2H3,(H,17,18). The van der Waals surface area contributed by atoms with E-state index in [1.807, 2.05) is 6.92 Å². The molecule has 1 heterocycles. The highest BCUT2D eigenvalue weighted by molar-refractivity contribution is 6.08. The van der Waals surface area contributed by atoms with Gasteiger partial charge in [-0.25, -0.2) is 0 Å². The summed E-state index contributed by atoms with van der Waals surface area (Å²) in [5.74, 6) is 0.350. The van der Waals surface area contributed by atoms with E-state index in [2.05, 4.69) is 10.3 Å². The van der Waals surface area contributed by atoms with Crippen LogP contribution in [0.4, 0.5) is 11.4 Å². The number of anilines is 2. The molecule has 19 heavy (non-hydrogen) atoms. The number of pyridine rings is 1. The Morgan fingerprint density at radius 2 is 2.16 bits per heavy atom. The fraction of sp³-hybridized carbons (Fsp3) is 0.143. The van der Waals surface area contributed by atoms with Crippen LogP contribution in [0.3, 0.4) is 0 Å². The van der Waals surface area contributed by atoms with E-state index in [1.54, 1.807) is 43.6 Å². The molecular formula is C14H15N3O2. The summed E-state index contributed by atoms with van der Waals surface area (Å²) in [6, 6.07) is 8.50. The van der Waals surface area contributed by atoms with Gasteiger partial charge in [-0.1, -0.05) is 0 Å². The summed E-state index contributed by atoms with van der Waals surface area (Å²) in [6.07, 6.45) is 1.67. The van der Waals surface area contributed by atoms with E-state index in [4.69, 9.17) is 10.5 Å². The maximum atomic E-state index is 12.1. The Balaban J connectivity index is 2.23. The second-order valence-electron chi connectivity index (χ2n) is 4.04. The van der Waals surface area contributed by atoms with Crippen LogP contribution in [0, 0.1) is 6.92 Å². The quantitative estimate of drug-likeness (QED) is 0.827.